The summed E-state index contributed by atoms with van der Waals surface area (Å²) >= 11 is 5.87. The van der Waals surface area contributed by atoms with E-state index in [-0.39, 0.29) is 17.4 Å². The molecule has 1 N–H and O–H groups in total. The summed E-state index contributed by atoms with van der Waals surface area (Å²) in [6.45, 7) is 3.85. The van der Waals surface area contributed by atoms with Gasteiger partial charge in [-0.3, -0.25) is 0 Å². The third-order valence-electron chi connectivity index (χ3n) is 4.57. The van der Waals surface area contributed by atoms with Gasteiger partial charge in [0.25, 0.3) is 0 Å². The molecule has 140 valence electrons. The first-order chi connectivity index (χ1) is 12.2. The summed E-state index contributed by atoms with van der Waals surface area (Å²) < 4.78 is 13.4. The molecule has 0 unspecified atom stereocenters. The van der Waals surface area contributed by atoms with Crippen LogP contribution in [0.15, 0.2) is 18.2 Å². The third kappa shape index (κ3) is 4.10. The number of hydrogen-bond acceptors (Lipinski definition) is 6. The summed E-state index contributed by atoms with van der Waals surface area (Å²) in [4.78, 5) is 18.2. The summed E-state index contributed by atoms with van der Waals surface area (Å²) in [5, 5.41) is 3.20. The van der Waals surface area contributed by atoms with Gasteiger partial charge in [0, 0.05) is 31.9 Å². The molecule has 1 aromatic heterocycles. The summed E-state index contributed by atoms with van der Waals surface area (Å²) in [6.07, 6.45) is 4.62. The van der Waals surface area contributed by atoms with Crippen LogP contribution < -0.4 is 15.1 Å². The van der Waals surface area contributed by atoms with Crippen LogP contribution >= 0.6 is 24.0 Å². The number of hydrogen-bond donors (Lipinski definition) is 1. The molecule has 4 rings (SSSR count). The second-order valence-corrected chi connectivity index (χ2v) is 6.81. The molecule has 0 aliphatic carbocycles. The second-order valence-electron chi connectivity index (χ2n) is 6.40. The third-order valence-corrected chi connectivity index (χ3v) is 4.86. The standard InChI is InChI=1S/C17H20ClFN6.ClH/c18-13-11-12(5-6-14(13)19)20-15-21-16(24-7-1-2-8-24)23-17(22-15)25-9-3-4-10-25;/h5-6,11H,1-4,7-10H2,(H,20,21,22,23);1H. The molecule has 2 aliphatic heterocycles. The van der Waals surface area contributed by atoms with Crippen molar-refractivity contribution in [1.29, 1.82) is 0 Å². The molecule has 2 aliphatic rings. The van der Waals surface area contributed by atoms with E-state index in [2.05, 4.69) is 30.1 Å². The highest BCUT2D eigenvalue weighted by molar-refractivity contribution is 6.31. The van der Waals surface area contributed by atoms with Gasteiger partial charge in [0.05, 0.1) is 5.02 Å². The Morgan fingerprint density at radius 2 is 1.42 bits per heavy atom. The van der Waals surface area contributed by atoms with E-state index < -0.39 is 5.82 Å². The van der Waals surface area contributed by atoms with E-state index in [9.17, 15) is 4.39 Å². The fourth-order valence-electron chi connectivity index (χ4n) is 3.23. The predicted octanol–water partition coefficient (Wildman–Crippen LogP) is 4.03. The van der Waals surface area contributed by atoms with E-state index >= 15 is 0 Å². The van der Waals surface area contributed by atoms with Crippen molar-refractivity contribution in [2.24, 2.45) is 0 Å². The molecule has 6 nitrogen and oxygen atoms in total. The average Bonchev–Trinajstić information content (AvgIpc) is 3.31. The van der Waals surface area contributed by atoms with Crippen molar-refractivity contribution in [3.63, 3.8) is 0 Å². The van der Waals surface area contributed by atoms with E-state index in [1.807, 2.05) is 0 Å². The smallest absolute Gasteiger partial charge is 0.233 e. The fraction of sp³-hybridized carbons (Fsp3) is 0.471. The first-order valence-electron chi connectivity index (χ1n) is 8.67. The Kier molecular flexibility index (Phi) is 5.98. The van der Waals surface area contributed by atoms with E-state index in [1.165, 1.54) is 12.1 Å². The molecular formula is C17H21Cl2FN6. The van der Waals surface area contributed by atoms with Gasteiger partial charge >= 0.3 is 0 Å². The lowest BCUT2D eigenvalue weighted by Gasteiger charge is -2.20. The summed E-state index contributed by atoms with van der Waals surface area (Å²) in [7, 11) is 0. The fourth-order valence-corrected chi connectivity index (χ4v) is 3.41. The number of benzene rings is 1. The topological polar surface area (TPSA) is 57.2 Å². The molecular weight excluding hydrogens is 378 g/mol. The monoisotopic (exact) mass is 398 g/mol. The molecule has 0 radical (unpaired) electrons. The molecule has 0 spiro atoms. The Labute approximate surface area is 163 Å². The summed E-state index contributed by atoms with van der Waals surface area (Å²) in [6, 6.07) is 4.48. The highest BCUT2D eigenvalue weighted by atomic mass is 35.5. The minimum absolute atomic E-state index is 0. The molecule has 0 saturated carbocycles. The van der Waals surface area contributed by atoms with Crippen LogP contribution in [0.3, 0.4) is 0 Å². The maximum atomic E-state index is 13.4. The molecule has 1 aromatic carbocycles. The summed E-state index contributed by atoms with van der Waals surface area (Å²) in [5.41, 5.74) is 0.650. The molecule has 2 saturated heterocycles. The maximum Gasteiger partial charge on any atom is 0.233 e. The van der Waals surface area contributed by atoms with Gasteiger partial charge in [-0.25, -0.2) is 4.39 Å². The van der Waals surface area contributed by atoms with E-state index in [4.69, 9.17) is 11.6 Å². The largest absolute Gasteiger partial charge is 0.341 e. The van der Waals surface area contributed by atoms with Gasteiger partial charge in [-0.2, -0.15) is 15.0 Å². The molecule has 2 aromatic rings. The van der Waals surface area contributed by atoms with Crippen LogP contribution in [0.5, 0.6) is 0 Å². The Morgan fingerprint density at radius 1 is 0.885 bits per heavy atom. The Bertz CT molecular complexity index is 729. The Hall–Kier alpha value is -1.86. The maximum absolute atomic E-state index is 13.4. The molecule has 3 heterocycles. The number of rotatable bonds is 4. The van der Waals surface area contributed by atoms with Crippen LogP contribution in [-0.2, 0) is 0 Å². The minimum atomic E-state index is -0.446. The molecule has 9 heteroatoms. The van der Waals surface area contributed by atoms with Crippen molar-refractivity contribution in [2.45, 2.75) is 25.7 Å². The van der Waals surface area contributed by atoms with E-state index in [0.717, 1.165) is 51.9 Å². The van der Waals surface area contributed by atoms with Gasteiger partial charge in [0.1, 0.15) is 5.82 Å². The van der Waals surface area contributed by atoms with Crippen molar-refractivity contribution in [1.82, 2.24) is 15.0 Å². The quantitative estimate of drug-likeness (QED) is 0.838. The second kappa shape index (κ2) is 8.22. The highest BCUT2D eigenvalue weighted by Crippen LogP contribution is 2.25. The number of anilines is 4. The predicted molar refractivity (Wildman–Crippen MR) is 105 cm³/mol. The average molecular weight is 399 g/mol. The van der Waals surface area contributed by atoms with E-state index in [0.29, 0.717) is 23.5 Å². The van der Waals surface area contributed by atoms with Gasteiger partial charge in [0.2, 0.25) is 17.8 Å². The van der Waals surface area contributed by atoms with Crippen molar-refractivity contribution in [3.8, 4) is 0 Å². The van der Waals surface area contributed by atoms with Crippen LogP contribution in [0, 0.1) is 5.82 Å². The van der Waals surface area contributed by atoms with Crippen molar-refractivity contribution >= 4 is 47.5 Å². The molecule has 26 heavy (non-hydrogen) atoms. The first-order valence-corrected chi connectivity index (χ1v) is 9.05. The highest BCUT2D eigenvalue weighted by Gasteiger charge is 2.21. The normalized spacial score (nSPS) is 16.7. The van der Waals surface area contributed by atoms with Gasteiger partial charge in [-0.1, -0.05) is 11.6 Å². The minimum Gasteiger partial charge on any atom is -0.341 e. The number of aromatic nitrogens is 3. The first kappa shape index (κ1) is 18.9. The molecule has 2 fully saturated rings. The van der Waals surface area contributed by atoms with Crippen LogP contribution in [-0.4, -0.2) is 41.1 Å². The number of halogens is 3. The number of nitrogens with one attached hydrogen (secondary N) is 1. The van der Waals surface area contributed by atoms with Gasteiger partial charge < -0.3 is 15.1 Å². The van der Waals surface area contributed by atoms with Crippen molar-refractivity contribution in [3.05, 3.63) is 29.0 Å². The van der Waals surface area contributed by atoms with Crippen molar-refractivity contribution < 1.29 is 4.39 Å². The van der Waals surface area contributed by atoms with Gasteiger partial charge in [0.15, 0.2) is 0 Å². The zero-order valence-electron chi connectivity index (χ0n) is 14.3. The lowest BCUT2D eigenvalue weighted by atomic mass is 10.3. The Balaban J connectivity index is 0.00000196. The lowest BCUT2D eigenvalue weighted by Crippen LogP contribution is -2.25. The molecule has 0 amide bonds. The van der Waals surface area contributed by atoms with Crippen LogP contribution in [0.1, 0.15) is 25.7 Å². The number of nitrogens with zero attached hydrogens (tertiary/aromatic N) is 5. The summed E-state index contributed by atoms with van der Waals surface area (Å²) in [5.74, 6) is 1.41. The van der Waals surface area contributed by atoms with Crippen molar-refractivity contribution in [2.75, 3.05) is 41.3 Å². The lowest BCUT2D eigenvalue weighted by molar-refractivity contribution is 0.628. The van der Waals surface area contributed by atoms with Gasteiger partial charge in [-0.15, -0.1) is 12.4 Å². The zero-order chi connectivity index (χ0) is 17.2. The van der Waals surface area contributed by atoms with Crippen LogP contribution in [0.4, 0.5) is 27.9 Å². The zero-order valence-corrected chi connectivity index (χ0v) is 15.9. The molecule has 0 bridgehead atoms. The van der Waals surface area contributed by atoms with Crippen LogP contribution in [0.25, 0.3) is 0 Å². The Morgan fingerprint density at radius 3 is 1.92 bits per heavy atom. The van der Waals surface area contributed by atoms with Gasteiger partial charge in [-0.05, 0) is 43.9 Å². The van der Waals surface area contributed by atoms with Crippen LogP contribution in [0.2, 0.25) is 5.02 Å². The van der Waals surface area contributed by atoms with E-state index in [1.54, 1.807) is 6.07 Å². The SMILES string of the molecule is Cl.Fc1ccc(Nc2nc(N3CCCC3)nc(N3CCCC3)n2)cc1Cl. The molecule has 0 atom stereocenters.